The van der Waals surface area contributed by atoms with Crippen LogP contribution in [0.4, 0.5) is 0 Å². The Labute approximate surface area is 174 Å². The zero-order valence-electron chi connectivity index (χ0n) is 16.6. The summed E-state index contributed by atoms with van der Waals surface area (Å²) >= 11 is 0. The van der Waals surface area contributed by atoms with Crippen LogP contribution in [0.25, 0.3) is 21.5 Å². The van der Waals surface area contributed by atoms with Gasteiger partial charge in [0.05, 0.1) is 12.7 Å². The standard InChI is InChI=1S/C25H22N2O3/c1-30-19-10-6-7-16(13-19)14-22(24(26)28)27-25(29)23-20-11-4-2-8-17(20)15-18-9-3-5-12-21(18)23/h2-13,15,22H,14H2,1H3,(H2,26,28)(H,27,29)/t22-/m1/s1. The first kappa shape index (κ1) is 19.5. The van der Waals surface area contributed by atoms with Crippen LogP contribution in [0.2, 0.25) is 0 Å². The van der Waals surface area contributed by atoms with Crippen LogP contribution in [0.1, 0.15) is 15.9 Å². The lowest BCUT2D eigenvalue weighted by molar-refractivity contribution is -0.119. The van der Waals surface area contributed by atoms with E-state index in [9.17, 15) is 9.59 Å². The number of nitrogens with two attached hydrogens (primary N) is 1. The molecule has 5 heteroatoms. The van der Waals surface area contributed by atoms with Crippen molar-refractivity contribution < 1.29 is 14.3 Å². The number of hydrogen-bond acceptors (Lipinski definition) is 3. The molecule has 4 rings (SSSR count). The number of nitrogens with one attached hydrogen (secondary N) is 1. The Kier molecular flexibility index (Phi) is 5.35. The van der Waals surface area contributed by atoms with Crippen molar-refractivity contribution in [3.63, 3.8) is 0 Å². The quantitative estimate of drug-likeness (QED) is 0.485. The molecule has 150 valence electrons. The second-order valence-electron chi connectivity index (χ2n) is 7.18. The van der Waals surface area contributed by atoms with Gasteiger partial charge in [-0.15, -0.1) is 0 Å². The van der Waals surface area contributed by atoms with E-state index >= 15 is 0 Å². The Morgan fingerprint density at radius 3 is 2.13 bits per heavy atom. The van der Waals surface area contributed by atoms with E-state index in [2.05, 4.69) is 11.4 Å². The highest BCUT2D eigenvalue weighted by Crippen LogP contribution is 2.28. The van der Waals surface area contributed by atoms with E-state index in [0.29, 0.717) is 11.3 Å². The van der Waals surface area contributed by atoms with Crippen molar-refractivity contribution in [1.82, 2.24) is 5.32 Å². The topological polar surface area (TPSA) is 81.4 Å². The molecule has 30 heavy (non-hydrogen) atoms. The Hall–Kier alpha value is -3.86. The molecule has 0 radical (unpaired) electrons. The SMILES string of the molecule is COc1cccc(C[C@@H](NC(=O)c2c3ccccc3cc3ccccc23)C(N)=O)c1. The predicted molar refractivity (Wildman–Crippen MR) is 119 cm³/mol. The van der Waals surface area contributed by atoms with Crippen LogP contribution in [0, 0.1) is 0 Å². The van der Waals surface area contributed by atoms with Gasteiger partial charge in [0.2, 0.25) is 5.91 Å². The number of hydrogen-bond donors (Lipinski definition) is 2. The fourth-order valence-electron chi connectivity index (χ4n) is 3.75. The van der Waals surface area contributed by atoms with Crippen molar-refractivity contribution >= 4 is 33.4 Å². The number of primary amides is 1. The first-order valence-electron chi connectivity index (χ1n) is 9.70. The van der Waals surface area contributed by atoms with Crippen LogP contribution in [-0.2, 0) is 11.2 Å². The minimum Gasteiger partial charge on any atom is -0.497 e. The van der Waals surface area contributed by atoms with Crippen LogP contribution < -0.4 is 15.8 Å². The molecule has 2 amide bonds. The molecule has 3 N–H and O–H groups in total. The third-order valence-electron chi connectivity index (χ3n) is 5.22. The number of benzene rings is 4. The van der Waals surface area contributed by atoms with Crippen molar-refractivity contribution in [2.75, 3.05) is 7.11 Å². The molecule has 4 aromatic rings. The normalized spacial score (nSPS) is 11.9. The van der Waals surface area contributed by atoms with E-state index in [0.717, 1.165) is 27.1 Å². The molecule has 0 saturated heterocycles. The van der Waals surface area contributed by atoms with Gasteiger partial charge in [-0.2, -0.15) is 0 Å². The fourth-order valence-corrected chi connectivity index (χ4v) is 3.75. The number of rotatable bonds is 6. The second-order valence-corrected chi connectivity index (χ2v) is 7.18. The van der Waals surface area contributed by atoms with E-state index < -0.39 is 11.9 Å². The van der Waals surface area contributed by atoms with Crippen molar-refractivity contribution in [2.45, 2.75) is 12.5 Å². The summed E-state index contributed by atoms with van der Waals surface area (Å²) < 4.78 is 5.24. The van der Waals surface area contributed by atoms with Crippen LogP contribution in [0.15, 0.2) is 78.9 Å². The first-order valence-corrected chi connectivity index (χ1v) is 9.70. The van der Waals surface area contributed by atoms with E-state index in [4.69, 9.17) is 10.5 Å². The Morgan fingerprint density at radius 1 is 0.900 bits per heavy atom. The fraction of sp³-hybridized carbons (Fsp3) is 0.120. The van der Waals surface area contributed by atoms with Gasteiger partial charge in [0.1, 0.15) is 11.8 Å². The highest BCUT2D eigenvalue weighted by molar-refractivity contribution is 6.18. The molecule has 0 unspecified atom stereocenters. The summed E-state index contributed by atoms with van der Waals surface area (Å²) in [4.78, 5) is 25.5. The van der Waals surface area contributed by atoms with Gasteiger partial charge < -0.3 is 15.8 Å². The number of ether oxygens (including phenoxy) is 1. The molecule has 0 spiro atoms. The minimum absolute atomic E-state index is 0.279. The molecule has 0 aromatic heterocycles. The van der Waals surface area contributed by atoms with Gasteiger partial charge in [0, 0.05) is 6.42 Å². The Balaban J connectivity index is 1.72. The monoisotopic (exact) mass is 398 g/mol. The molecule has 0 aliphatic rings. The summed E-state index contributed by atoms with van der Waals surface area (Å²) in [7, 11) is 1.58. The average Bonchev–Trinajstić information content (AvgIpc) is 2.76. The van der Waals surface area contributed by atoms with Gasteiger partial charge in [-0.25, -0.2) is 0 Å². The van der Waals surface area contributed by atoms with E-state index in [1.54, 1.807) is 7.11 Å². The maximum Gasteiger partial charge on any atom is 0.253 e. The lowest BCUT2D eigenvalue weighted by Gasteiger charge is -2.18. The van der Waals surface area contributed by atoms with Crippen molar-refractivity contribution in [3.05, 3.63) is 90.0 Å². The van der Waals surface area contributed by atoms with Gasteiger partial charge in [0.25, 0.3) is 5.91 Å². The molecule has 4 aromatic carbocycles. The third kappa shape index (κ3) is 3.82. The number of carbonyl (C=O) groups is 2. The summed E-state index contributed by atoms with van der Waals surface area (Å²) in [5.74, 6) is -0.229. The maximum absolute atomic E-state index is 13.4. The zero-order valence-corrected chi connectivity index (χ0v) is 16.6. The maximum atomic E-state index is 13.4. The smallest absolute Gasteiger partial charge is 0.253 e. The molecule has 5 nitrogen and oxygen atoms in total. The molecular weight excluding hydrogens is 376 g/mol. The van der Waals surface area contributed by atoms with Gasteiger partial charge in [-0.1, -0.05) is 60.7 Å². The third-order valence-corrected chi connectivity index (χ3v) is 5.22. The largest absolute Gasteiger partial charge is 0.497 e. The number of amides is 2. The zero-order chi connectivity index (χ0) is 21.1. The Bertz CT molecular complexity index is 1200. The van der Waals surface area contributed by atoms with E-state index in [1.807, 2.05) is 72.8 Å². The molecule has 0 bridgehead atoms. The summed E-state index contributed by atoms with van der Waals surface area (Å²) in [6.07, 6.45) is 0.279. The minimum atomic E-state index is -0.845. The van der Waals surface area contributed by atoms with Gasteiger partial charge in [0.15, 0.2) is 0 Å². The Morgan fingerprint density at radius 2 is 1.53 bits per heavy atom. The second kappa shape index (κ2) is 8.25. The van der Waals surface area contributed by atoms with Crippen LogP contribution in [0.3, 0.4) is 0 Å². The lowest BCUT2D eigenvalue weighted by atomic mass is 9.95. The summed E-state index contributed by atoms with van der Waals surface area (Å²) in [6.45, 7) is 0. The van der Waals surface area contributed by atoms with Crippen molar-refractivity contribution in [2.24, 2.45) is 5.73 Å². The molecule has 0 saturated carbocycles. The lowest BCUT2D eigenvalue weighted by Crippen LogP contribution is -2.46. The van der Waals surface area contributed by atoms with Gasteiger partial charge in [-0.05, 0) is 45.3 Å². The van der Waals surface area contributed by atoms with Crippen molar-refractivity contribution in [1.29, 1.82) is 0 Å². The van der Waals surface area contributed by atoms with E-state index in [1.165, 1.54) is 0 Å². The number of fused-ring (bicyclic) bond motifs is 2. The molecular formula is C25H22N2O3. The average molecular weight is 398 g/mol. The molecule has 0 fully saturated rings. The summed E-state index contributed by atoms with van der Waals surface area (Å²) in [5, 5.41) is 6.44. The highest BCUT2D eigenvalue weighted by atomic mass is 16.5. The number of methoxy groups -OCH3 is 1. The van der Waals surface area contributed by atoms with E-state index in [-0.39, 0.29) is 12.3 Å². The molecule has 0 heterocycles. The van der Waals surface area contributed by atoms with Crippen LogP contribution >= 0.6 is 0 Å². The van der Waals surface area contributed by atoms with Crippen LogP contribution in [-0.4, -0.2) is 25.0 Å². The molecule has 0 aliphatic carbocycles. The summed E-state index contributed by atoms with van der Waals surface area (Å²) in [6, 6.07) is 24.0. The first-order chi connectivity index (χ1) is 14.6. The van der Waals surface area contributed by atoms with Gasteiger partial charge in [-0.3, -0.25) is 9.59 Å². The highest BCUT2D eigenvalue weighted by Gasteiger charge is 2.22. The van der Waals surface area contributed by atoms with Crippen molar-refractivity contribution in [3.8, 4) is 5.75 Å². The molecule has 1 atom stereocenters. The molecule has 0 aliphatic heterocycles. The number of carbonyl (C=O) groups excluding carboxylic acids is 2. The van der Waals surface area contributed by atoms with Crippen LogP contribution in [0.5, 0.6) is 5.75 Å². The van der Waals surface area contributed by atoms with Gasteiger partial charge >= 0.3 is 0 Å². The summed E-state index contributed by atoms with van der Waals surface area (Å²) in [5.41, 5.74) is 7.01. The predicted octanol–water partition coefficient (Wildman–Crippen LogP) is 3.83.